The minimum Gasteiger partial charge on any atom is -0.354 e. The van der Waals surface area contributed by atoms with Crippen molar-refractivity contribution in [3.05, 3.63) is 58.0 Å². The van der Waals surface area contributed by atoms with E-state index in [4.69, 9.17) is 0 Å². The average Bonchev–Trinajstić information content (AvgIpc) is 3.07. The van der Waals surface area contributed by atoms with Gasteiger partial charge < -0.3 is 10.2 Å². The molecule has 0 aliphatic rings. The lowest BCUT2D eigenvalue weighted by Crippen LogP contribution is -2.34. The van der Waals surface area contributed by atoms with Crippen molar-refractivity contribution < 1.29 is 14.0 Å². The van der Waals surface area contributed by atoms with E-state index in [-0.39, 0.29) is 36.4 Å². The number of ketones is 1. The fraction of sp³-hybridized carbons (Fsp3) is 0.333. The van der Waals surface area contributed by atoms with Gasteiger partial charge in [0.1, 0.15) is 5.82 Å². The number of hydrogen-bond donors (Lipinski definition) is 1. The Hall–Kier alpha value is -2.05. The predicted molar refractivity (Wildman–Crippen MR) is 93.7 cm³/mol. The van der Waals surface area contributed by atoms with Crippen LogP contribution in [0.25, 0.3) is 0 Å². The van der Waals surface area contributed by atoms with Crippen LogP contribution in [0.2, 0.25) is 0 Å². The lowest BCUT2D eigenvalue weighted by atomic mass is 10.1. The minimum atomic E-state index is -0.299. The number of likely N-dealkylation sites (N-methyl/N-ethyl adjacent to an activating group) is 1. The first-order chi connectivity index (χ1) is 11.5. The molecule has 0 spiro atoms. The Kier molecular flexibility index (Phi) is 6.63. The second kappa shape index (κ2) is 8.70. The highest BCUT2D eigenvalue weighted by Crippen LogP contribution is 2.18. The molecule has 0 aliphatic heterocycles. The minimum absolute atomic E-state index is 0.0190. The van der Waals surface area contributed by atoms with Gasteiger partial charge in [0.05, 0.1) is 10.9 Å². The zero-order valence-electron chi connectivity index (χ0n) is 13.8. The van der Waals surface area contributed by atoms with Crippen LogP contribution < -0.4 is 5.32 Å². The average molecular weight is 348 g/mol. The van der Waals surface area contributed by atoms with Gasteiger partial charge in [0.25, 0.3) is 0 Å². The summed E-state index contributed by atoms with van der Waals surface area (Å²) in [6.45, 7) is 0.364. The zero-order chi connectivity index (χ0) is 17.5. The predicted octanol–water partition coefficient (Wildman–Crippen LogP) is 3.27. The van der Waals surface area contributed by atoms with Gasteiger partial charge in [-0.25, -0.2) is 4.39 Å². The van der Waals surface area contributed by atoms with Gasteiger partial charge in [0, 0.05) is 19.4 Å². The van der Waals surface area contributed by atoms with Gasteiger partial charge in [-0.3, -0.25) is 9.59 Å². The molecule has 6 heteroatoms. The second-order valence-corrected chi connectivity index (χ2v) is 6.69. The van der Waals surface area contributed by atoms with Crippen molar-refractivity contribution in [2.45, 2.75) is 18.9 Å². The van der Waals surface area contributed by atoms with Gasteiger partial charge in [0.2, 0.25) is 5.91 Å². The number of carbonyl (C=O) groups excluding carboxylic acids is 2. The number of benzene rings is 1. The number of rotatable bonds is 8. The van der Waals surface area contributed by atoms with Crippen LogP contribution in [0.5, 0.6) is 0 Å². The van der Waals surface area contributed by atoms with Crippen molar-refractivity contribution in [3.63, 3.8) is 0 Å². The van der Waals surface area contributed by atoms with E-state index in [1.54, 1.807) is 12.1 Å². The molecular weight excluding hydrogens is 327 g/mol. The number of nitrogens with zero attached hydrogens (tertiary/aromatic N) is 1. The van der Waals surface area contributed by atoms with Crippen LogP contribution in [0.15, 0.2) is 41.8 Å². The summed E-state index contributed by atoms with van der Waals surface area (Å²) in [6.07, 6.45) is 0.346. The number of thiophene rings is 1. The number of amides is 1. The maximum absolute atomic E-state index is 13.4. The van der Waals surface area contributed by atoms with E-state index in [1.165, 1.54) is 23.5 Å². The molecule has 1 N–H and O–H groups in total. The summed E-state index contributed by atoms with van der Waals surface area (Å²) in [5, 5.41) is 4.67. The third-order valence-electron chi connectivity index (χ3n) is 3.72. The van der Waals surface area contributed by atoms with Crippen LogP contribution in [0, 0.1) is 5.82 Å². The van der Waals surface area contributed by atoms with Crippen LogP contribution in [0.1, 0.15) is 34.1 Å². The van der Waals surface area contributed by atoms with Crippen LogP contribution >= 0.6 is 11.3 Å². The third kappa shape index (κ3) is 5.25. The van der Waals surface area contributed by atoms with E-state index >= 15 is 0 Å². The molecule has 0 saturated heterocycles. The second-order valence-electron chi connectivity index (χ2n) is 5.74. The molecule has 1 atom stereocenters. The highest BCUT2D eigenvalue weighted by atomic mass is 32.1. The molecule has 0 fully saturated rings. The first-order valence-corrected chi connectivity index (χ1v) is 8.60. The smallest absolute Gasteiger partial charge is 0.220 e. The van der Waals surface area contributed by atoms with Crippen molar-refractivity contribution >= 4 is 23.0 Å². The number of hydrogen-bond acceptors (Lipinski definition) is 4. The maximum Gasteiger partial charge on any atom is 0.220 e. The molecule has 24 heavy (non-hydrogen) atoms. The van der Waals surface area contributed by atoms with Gasteiger partial charge >= 0.3 is 0 Å². The fourth-order valence-corrected chi connectivity index (χ4v) is 3.09. The standard InChI is InChI=1S/C18H21FN2O2S/c1-21(2)15(13-5-3-6-14(19)11-13)12-20-18(23)9-8-16(22)17-7-4-10-24-17/h3-7,10-11,15H,8-9,12H2,1-2H3,(H,20,23). The van der Waals surface area contributed by atoms with Crippen molar-refractivity contribution in [2.75, 3.05) is 20.6 Å². The fourth-order valence-electron chi connectivity index (χ4n) is 2.40. The Labute approximate surface area is 145 Å². The lowest BCUT2D eigenvalue weighted by molar-refractivity contribution is -0.121. The molecule has 0 aliphatic carbocycles. The summed E-state index contributed by atoms with van der Waals surface area (Å²) in [7, 11) is 3.75. The van der Waals surface area contributed by atoms with E-state index < -0.39 is 0 Å². The Bertz CT molecular complexity index is 686. The van der Waals surface area contributed by atoms with Crippen LogP contribution in [-0.2, 0) is 4.79 Å². The van der Waals surface area contributed by atoms with E-state index in [9.17, 15) is 14.0 Å². The summed E-state index contributed by atoms with van der Waals surface area (Å²) >= 11 is 1.38. The van der Waals surface area contributed by atoms with Crippen LogP contribution in [0.4, 0.5) is 4.39 Å². The third-order valence-corrected chi connectivity index (χ3v) is 4.64. The SMILES string of the molecule is CN(C)C(CNC(=O)CCC(=O)c1cccs1)c1cccc(F)c1. The molecule has 1 aromatic carbocycles. The van der Waals surface area contributed by atoms with E-state index in [1.807, 2.05) is 36.5 Å². The molecule has 2 rings (SSSR count). The van der Waals surface area contributed by atoms with Gasteiger partial charge in [0.15, 0.2) is 5.78 Å². The molecule has 2 aromatic rings. The van der Waals surface area contributed by atoms with E-state index in [0.717, 1.165) is 5.56 Å². The molecule has 1 unspecified atom stereocenters. The molecule has 0 saturated carbocycles. The Morgan fingerprint density at radius 1 is 1.21 bits per heavy atom. The summed E-state index contributed by atoms with van der Waals surface area (Å²) in [5.74, 6) is -0.496. The summed E-state index contributed by atoms with van der Waals surface area (Å²) in [4.78, 5) is 26.5. The normalized spacial score (nSPS) is 12.2. The monoisotopic (exact) mass is 348 g/mol. The Balaban J connectivity index is 1.85. The molecule has 1 aromatic heterocycles. The number of nitrogens with one attached hydrogen (secondary N) is 1. The van der Waals surface area contributed by atoms with Crippen molar-refractivity contribution in [2.24, 2.45) is 0 Å². The lowest BCUT2D eigenvalue weighted by Gasteiger charge is -2.25. The Morgan fingerprint density at radius 2 is 2.00 bits per heavy atom. The van der Waals surface area contributed by atoms with Gasteiger partial charge in [-0.1, -0.05) is 18.2 Å². The highest BCUT2D eigenvalue weighted by Gasteiger charge is 2.16. The van der Waals surface area contributed by atoms with E-state index in [0.29, 0.717) is 11.4 Å². The molecule has 1 amide bonds. The van der Waals surface area contributed by atoms with Gasteiger partial charge in [-0.15, -0.1) is 11.3 Å². The zero-order valence-corrected chi connectivity index (χ0v) is 14.6. The largest absolute Gasteiger partial charge is 0.354 e. The van der Waals surface area contributed by atoms with Crippen LogP contribution in [-0.4, -0.2) is 37.2 Å². The van der Waals surface area contributed by atoms with Gasteiger partial charge in [-0.05, 0) is 43.2 Å². The summed E-state index contributed by atoms with van der Waals surface area (Å²) < 4.78 is 13.4. The van der Waals surface area contributed by atoms with E-state index in [2.05, 4.69) is 5.32 Å². The Morgan fingerprint density at radius 3 is 2.62 bits per heavy atom. The number of carbonyl (C=O) groups is 2. The highest BCUT2D eigenvalue weighted by molar-refractivity contribution is 7.12. The maximum atomic E-state index is 13.4. The van der Waals surface area contributed by atoms with Crippen molar-refractivity contribution in [1.82, 2.24) is 10.2 Å². The topological polar surface area (TPSA) is 49.4 Å². The first-order valence-electron chi connectivity index (χ1n) is 7.72. The summed E-state index contributed by atoms with van der Waals surface area (Å²) in [6, 6.07) is 9.80. The summed E-state index contributed by atoms with van der Waals surface area (Å²) in [5.41, 5.74) is 0.801. The molecule has 0 bridgehead atoms. The molecule has 1 heterocycles. The van der Waals surface area contributed by atoms with Crippen LogP contribution in [0.3, 0.4) is 0 Å². The molecular formula is C18H21FN2O2S. The van der Waals surface area contributed by atoms with Gasteiger partial charge in [-0.2, -0.15) is 0 Å². The number of halogens is 1. The quantitative estimate of drug-likeness (QED) is 0.745. The molecule has 0 radical (unpaired) electrons. The molecule has 128 valence electrons. The number of Topliss-reactive ketones (excluding diaryl/α,β-unsaturated/α-hetero) is 1. The van der Waals surface area contributed by atoms with Crippen molar-refractivity contribution in [1.29, 1.82) is 0 Å². The molecule has 4 nitrogen and oxygen atoms in total. The first kappa shape index (κ1) is 18.3. The van der Waals surface area contributed by atoms with Crippen molar-refractivity contribution in [3.8, 4) is 0 Å².